The first-order chi connectivity index (χ1) is 11.0. The van der Waals surface area contributed by atoms with E-state index in [1.807, 2.05) is 9.36 Å². The summed E-state index contributed by atoms with van der Waals surface area (Å²) in [7, 11) is 0. The molecule has 0 aliphatic heterocycles. The molecule has 1 aliphatic rings. The number of rotatable bonds is 4. The predicted octanol–water partition coefficient (Wildman–Crippen LogP) is 5.16. The maximum atomic E-state index is 5.66. The van der Waals surface area contributed by atoms with Crippen molar-refractivity contribution >= 4 is 12.2 Å². The summed E-state index contributed by atoms with van der Waals surface area (Å²) in [6, 6.07) is 6.86. The van der Waals surface area contributed by atoms with Gasteiger partial charge in [-0.2, -0.15) is 4.68 Å². The lowest BCUT2D eigenvalue weighted by molar-refractivity contribution is 0.508. The largest absolute Gasteiger partial charge is 0.220 e. The summed E-state index contributed by atoms with van der Waals surface area (Å²) in [5.41, 5.74) is 3.87. The molecule has 23 heavy (non-hydrogen) atoms. The van der Waals surface area contributed by atoms with Crippen molar-refractivity contribution in [2.45, 2.75) is 71.3 Å². The third kappa shape index (κ3) is 2.99. The Morgan fingerprint density at radius 2 is 1.78 bits per heavy atom. The fourth-order valence-corrected chi connectivity index (χ4v) is 3.95. The van der Waals surface area contributed by atoms with Gasteiger partial charge in [0.2, 0.25) is 4.77 Å². The van der Waals surface area contributed by atoms with E-state index in [4.69, 9.17) is 12.2 Å². The summed E-state index contributed by atoms with van der Waals surface area (Å²) in [4.78, 5) is 0. The fourth-order valence-electron chi connectivity index (χ4n) is 3.58. The average molecular weight is 331 g/mol. The van der Waals surface area contributed by atoms with Crippen LogP contribution in [0.4, 0.5) is 0 Å². The number of hydrogen-bond acceptors (Lipinski definition) is 3. The maximum Gasteiger partial charge on any atom is 0.220 e. The Kier molecular flexibility index (Phi) is 4.67. The number of tetrazole rings is 1. The molecule has 0 amide bonds. The van der Waals surface area contributed by atoms with Gasteiger partial charge in [0.25, 0.3) is 0 Å². The zero-order valence-electron chi connectivity index (χ0n) is 14.5. The van der Waals surface area contributed by atoms with Gasteiger partial charge in [0.15, 0.2) is 0 Å². The molecular weight excluding hydrogens is 304 g/mol. The Hall–Kier alpha value is -1.49. The van der Waals surface area contributed by atoms with Crippen LogP contribution in [0, 0.1) is 4.77 Å². The van der Waals surface area contributed by atoms with Gasteiger partial charge in [0.05, 0.1) is 11.7 Å². The van der Waals surface area contributed by atoms with Crippen molar-refractivity contribution in [3.63, 3.8) is 0 Å². The molecule has 1 fully saturated rings. The molecular formula is C18H26N4S. The first kappa shape index (κ1) is 16.4. The van der Waals surface area contributed by atoms with E-state index in [2.05, 4.69) is 56.3 Å². The lowest BCUT2D eigenvalue weighted by Crippen LogP contribution is -2.10. The van der Waals surface area contributed by atoms with Crippen molar-refractivity contribution in [1.82, 2.24) is 19.8 Å². The van der Waals surface area contributed by atoms with E-state index in [-0.39, 0.29) is 6.04 Å². The predicted molar refractivity (Wildman–Crippen MR) is 95.9 cm³/mol. The second-order valence-electron chi connectivity index (χ2n) is 7.13. The molecule has 1 aliphatic carbocycles. The molecule has 1 aromatic heterocycles. The molecule has 0 radical (unpaired) electrons. The van der Waals surface area contributed by atoms with Gasteiger partial charge in [0, 0.05) is 0 Å². The van der Waals surface area contributed by atoms with Crippen LogP contribution in [0.5, 0.6) is 0 Å². The lowest BCUT2D eigenvalue weighted by atomic mass is 9.90. The van der Waals surface area contributed by atoms with Crippen LogP contribution in [0.1, 0.15) is 82.4 Å². The smallest absolute Gasteiger partial charge is 0.216 e. The van der Waals surface area contributed by atoms with Crippen LogP contribution < -0.4 is 0 Å². The number of aromatic nitrogens is 4. The standard InChI is InChI=1S/C18H26N4S/c1-12(2)15-10-7-11-16(14-8-5-6-9-14)17(15)22-18(23)21(13(3)4)19-20-22/h7,10-14H,5-6,8-9H2,1-4H3. The highest BCUT2D eigenvalue weighted by Crippen LogP contribution is 2.39. The maximum absolute atomic E-state index is 5.66. The van der Waals surface area contributed by atoms with E-state index in [9.17, 15) is 0 Å². The third-order valence-electron chi connectivity index (χ3n) is 4.82. The highest BCUT2D eigenvalue weighted by Gasteiger charge is 2.24. The summed E-state index contributed by atoms with van der Waals surface area (Å²) in [5, 5.41) is 8.69. The first-order valence-electron chi connectivity index (χ1n) is 8.68. The molecule has 1 saturated carbocycles. The molecule has 0 spiro atoms. The average Bonchev–Trinajstić information content (AvgIpc) is 3.15. The minimum absolute atomic E-state index is 0.220. The lowest BCUT2D eigenvalue weighted by Gasteiger charge is -2.20. The van der Waals surface area contributed by atoms with E-state index in [1.54, 1.807) is 0 Å². The van der Waals surface area contributed by atoms with E-state index < -0.39 is 0 Å². The third-order valence-corrected chi connectivity index (χ3v) is 5.18. The summed E-state index contributed by atoms with van der Waals surface area (Å²) in [5.74, 6) is 1.05. The molecule has 3 rings (SSSR count). The van der Waals surface area contributed by atoms with Crippen molar-refractivity contribution in [2.24, 2.45) is 0 Å². The summed E-state index contributed by atoms with van der Waals surface area (Å²) < 4.78 is 4.40. The molecule has 0 bridgehead atoms. The van der Waals surface area contributed by atoms with Gasteiger partial charge in [-0.15, -0.1) is 0 Å². The molecule has 2 aromatic rings. The van der Waals surface area contributed by atoms with Gasteiger partial charge in [-0.3, -0.25) is 0 Å². The van der Waals surface area contributed by atoms with Gasteiger partial charge in [-0.05, 0) is 72.3 Å². The van der Waals surface area contributed by atoms with Crippen LogP contribution in [-0.2, 0) is 0 Å². The van der Waals surface area contributed by atoms with Crippen molar-refractivity contribution in [2.75, 3.05) is 0 Å². The Balaban J connectivity index is 2.21. The number of nitrogens with zero attached hydrogens (tertiary/aromatic N) is 4. The highest BCUT2D eigenvalue weighted by molar-refractivity contribution is 7.71. The van der Waals surface area contributed by atoms with Gasteiger partial charge >= 0.3 is 0 Å². The van der Waals surface area contributed by atoms with Crippen molar-refractivity contribution in [1.29, 1.82) is 0 Å². The van der Waals surface area contributed by atoms with Crippen LogP contribution in [0.3, 0.4) is 0 Å². The molecule has 0 saturated heterocycles. The van der Waals surface area contributed by atoms with E-state index in [0.717, 1.165) is 0 Å². The normalized spacial score (nSPS) is 15.9. The highest BCUT2D eigenvalue weighted by atomic mass is 32.1. The zero-order chi connectivity index (χ0) is 16.6. The Morgan fingerprint density at radius 3 is 2.35 bits per heavy atom. The minimum Gasteiger partial charge on any atom is -0.216 e. The Morgan fingerprint density at radius 1 is 1.09 bits per heavy atom. The number of benzene rings is 1. The summed E-state index contributed by atoms with van der Waals surface area (Å²) in [6.45, 7) is 8.63. The number of hydrogen-bond donors (Lipinski definition) is 0. The van der Waals surface area contributed by atoms with Gasteiger partial charge in [-0.25, -0.2) is 4.68 Å². The molecule has 4 nitrogen and oxygen atoms in total. The van der Waals surface area contributed by atoms with Crippen molar-refractivity contribution in [3.05, 3.63) is 34.1 Å². The van der Waals surface area contributed by atoms with Crippen LogP contribution in [0.2, 0.25) is 0 Å². The van der Waals surface area contributed by atoms with E-state index >= 15 is 0 Å². The molecule has 0 N–H and O–H groups in total. The minimum atomic E-state index is 0.220. The van der Waals surface area contributed by atoms with Gasteiger partial charge in [0.1, 0.15) is 0 Å². The van der Waals surface area contributed by atoms with E-state index in [0.29, 0.717) is 16.6 Å². The van der Waals surface area contributed by atoms with Crippen molar-refractivity contribution in [3.8, 4) is 5.69 Å². The van der Waals surface area contributed by atoms with Gasteiger partial charge in [-0.1, -0.05) is 44.9 Å². The van der Waals surface area contributed by atoms with Crippen molar-refractivity contribution < 1.29 is 0 Å². The number of para-hydroxylation sites is 1. The summed E-state index contributed by atoms with van der Waals surface area (Å²) in [6.07, 6.45) is 5.17. The van der Waals surface area contributed by atoms with E-state index in [1.165, 1.54) is 42.5 Å². The monoisotopic (exact) mass is 330 g/mol. The SMILES string of the molecule is CC(C)c1cccc(C2CCCC2)c1-n1nnn(C(C)C)c1=S. The van der Waals surface area contributed by atoms with Gasteiger partial charge < -0.3 is 0 Å². The molecule has 124 valence electrons. The first-order valence-corrected chi connectivity index (χ1v) is 9.09. The topological polar surface area (TPSA) is 35.6 Å². The zero-order valence-corrected chi connectivity index (χ0v) is 15.3. The van der Waals surface area contributed by atoms with Crippen LogP contribution in [-0.4, -0.2) is 19.8 Å². The second kappa shape index (κ2) is 6.56. The quantitative estimate of drug-likeness (QED) is 0.726. The van der Waals surface area contributed by atoms with Crippen LogP contribution >= 0.6 is 12.2 Å². The Bertz CT molecular complexity index is 736. The molecule has 1 heterocycles. The molecule has 1 aromatic carbocycles. The Labute approximate surface area is 143 Å². The summed E-state index contributed by atoms with van der Waals surface area (Å²) >= 11 is 5.66. The molecule has 0 unspecified atom stereocenters. The second-order valence-corrected chi connectivity index (χ2v) is 7.50. The molecule has 5 heteroatoms. The molecule has 0 atom stereocenters. The van der Waals surface area contributed by atoms with Crippen LogP contribution in [0.25, 0.3) is 5.69 Å². The van der Waals surface area contributed by atoms with Crippen LogP contribution in [0.15, 0.2) is 18.2 Å². The fraction of sp³-hybridized carbons (Fsp3) is 0.611.